The Morgan fingerprint density at radius 1 is 0.970 bits per heavy atom. The van der Waals surface area contributed by atoms with Crippen LogP contribution in [0.5, 0.6) is 0 Å². The van der Waals surface area contributed by atoms with E-state index >= 15 is 0 Å². The van der Waals surface area contributed by atoms with Gasteiger partial charge in [0.1, 0.15) is 12.2 Å². The number of ether oxygens (including phenoxy) is 2. The molecular formula is C26H32N2O5. The van der Waals surface area contributed by atoms with Gasteiger partial charge in [-0.1, -0.05) is 48.5 Å². The quantitative estimate of drug-likeness (QED) is 0.751. The summed E-state index contributed by atoms with van der Waals surface area (Å²) in [5, 5.41) is 9.49. The minimum Gasteiger partial charge on any atom is -0.448 e. The number of amides is 2. The molecule has 4 rings (SSSR count). The zero-order valence-corrected chi connectivity index (χ0v) is 19.5. The van der Waals surface area contributed by atoms with Gasteiger partial charge >= 0.3 is 12.2 Å². The van der Waals surface area contributed by atoms with E-state index in [0.717, 1.165) is 0 Å². The summed E-state index contributed by atoms with van der Waals surface area (Å²) in [6, 6.07) is 16.1. The van der Waals surface area contributed by atoms with E-state index in [2.05, 4.69) is 24.3 Å². The largest absolute Gasteiger partial charge is 0.448 e. The summed E-state index contributed by atoms with van der Waals surface area (Å²) in [6.07, 6.45) is -0.455. The Balaban J connectivity index is 1.41. The van der Waals surface area contributed by atoms with Gasteiger partial charge < -0.3 is 24.4 Å². The van der Waals surface area contributed by atoms with Crippen LogP contribution in [0.2, 0.25) is 0 Å². The summed E-state index contributed by atoms with van der Waals surface area (Å²) in [7, 11) is 0. The summed E-state index contributed by atoms with van der Waals surface area (Å²) in [6.45, 7) is 6.63. The maximum Gasteiger partial charge on any atom is 0.410 e. The lowest BCUT2D eigenvalue weighted by atomic mass is 9.98. The molecule has 2 amide bonds. The van der Waals surface area contributed by atoms with Crippen LogP contribution in [-0.2, 0) is 9.47 Å². The van der Waals surface area contributed by atoms with Gasteiger partial charge in [-0.15, -0.1) is 0 Å². The molecule has 33 heavy (non-hydrogen) atoms. The van der Waals surface area contributed by atoms with Crippen molar-refractivity contribution in [1.82, 2.24) is 9.80 Å². The Morgan fingerprint density at radius 3 is 2.15 bits per heavy atom. The van der Waals surface area contributed by atoms with Crippen molar-refractivity contribution in [3.63, 3.8) is 0 Å². The van der Waals surface area contributed by atoms with Crippen LogP contribution in [-0.4, -0.2) is 71.6 Å². The molecule has 1 aliphatic heterocycles. The Labute approximate surface area is 194 Å². The number of aliphatic hydroxyl groups excluding tert-OH is 1. The molecule has 1 N–H and O–H groups in total. The number of nitrogens with zero attached hydrogens (tertiary/aromatic N) is 2. The van der Waals surface area contributed by atoms with Gasteiger partial charge in [0.05, 0.1) is 6.04 Å². The molecule has 1 aliphatic carbocycles. The van der Waals surface area contributed by atoms with Crippen LogP contribution >= 0.6 is 0 Å². The Hall–Kier alpha value is -3.06. The summed E-state index contributed by atoms with van der Waals surface area (Å²) in [5.41, 5.74) is 4.09. The first-order valence-electron chi connectivity index (χ1n) is 11.5. The highest BCUT2D eigenvalue weighted by Gasteiger charge is 2.36. The lowest BCUT2D eigenvalue weighted by Crippen LogP contribution is -2.57. The van der Waals surface area contributed by atoms with E-state index in [1.165, 1.54) is 22.3 Å². The van der Waals surface area contributed by atoms with Crippen molar-refractivity contribution in [2.75, 3.05) is 32.8 Å². The van der Waals surface area contributed by atoms with Crippen molar-refractivity contribution in [1.29, 1.82) is 0 Å². The number of carbonyl (C=O) groups is 2. The fourth-order valence-corrected chi connectivity index (χ4v) is 4.66. The summed E-state index contributed by atoms with van der Waals surface area (Å²) < 4.78 is 11.3. The Morgan fingerprint density at radius 2 is 1.58 bits per heavy atom. The Kier molecular flexibility index (Phi) is 6.61. The van der Waals surface area contributed by atoms with Crippen molar-refractivity contribution < 1.29 is 24.2 Å². The molecule has 1 fully saturated rings. The number of benzene rings is 2. The molecule has 176 valence electrons. The number of carbonyl (C=O) groups excluding carboxylic acids is 2. The predicted molar refractivity (Wildman–Crippen MR) is 125 cm³/mol. The second-order valence-electron chi connectivity index (χ2n) is 9.59. The average Bonchev–Trinajstić information content (AvgIpc) is 3.10. The minimum absolute atomic E-state index is 0.00218. The third kappa shape index (κ3) is 4.98. The molecule has 1 atom stereocenters. The van der Waals surface area contributed by atoms with Gasteiger partial charge in [0.15, 0.2) is 0 Å². The SMILES string of the molecule is CC(C)(C)OC(=O)N1CCN(C(=O)OCC2c3ccccc3-c3ccccc32)CC1CCO. The third-order valence-corrected chi connectivity index (χ3v) is 6.17. The minimum atomic E-state index is -0.606. The zero-order chi connectivity index (χ0) is 23.6. The molecule has 2 aromatic carbocycles. The van der Waals surface area contributed by atoms with Crippen molar-refractivity contribution in [2.24, 2.45) is 0 Å². The van der Waals surface area contributed by atoms with Crippen LogP contribution in [0, 0.1) is 0 Å². The fourth-order valence-electron chi connectivity index (χ4n) is 4.66. The average molecular weight is 453 g/mol. The number of fused-ring (bicyclic) bond motifs is 3. The first-order valence-corrected chi connectivity index (χ1v) is 11.5. The summed E-state index contributed by atoms with van der Waals surface area (Å²) in [4.78, 5) is 28.8. The van der Waals surface area contributed by atoms with Crippen molar-refractivity contribution in [3.8, 4) is 11.1 Å². The molecule has 7 heteroatoms. The number of rotatable bonds is 4. The van der Waals surface area contributed by atoms with Crippen molar-refractivity contribution >= 4 is 12.2 Å². The standard InChI is InChI=1S/C26H32N2O5/c1-26(2,3)33-25(31)28-14-13-27(16-18(28)12-15-29)24(30)32-17-23-21-10-6-4-8-19(21)20-9-5-7-11-22(20)23/h4-11,18,23,29H,12-17H2,1-3H3. The first kappa shape index (κ1) is 23.1. The van der Waals surface area contributed by atoms with Crippen LogP contribution in [0.4, 0.5) is 9.59 Å². The first-order chi connectivity index (χ1) is 15.8. The summed E-state index contributed by atoms with van der Waals surface area (Å²) in [5.74, 6) is -0.00218. The van der Waals surface area contributed by atoms with Gasteiger partial charge in [-0.3, -0.25) is 0 Å². The highest BCUT2D eigenvalue weighted by atomic mass is 16.6. The second kappa shape index (κ2) is 9.43. The molecule has 1 saturated heterocycles. The molecular weight excluding hydrogens is 420 g/mol. The number of hydrogen-bond acceptors (Lipinski definition) is 5. The molecule has 2 aromatic rings. The van der Waals surface area contributed by atoms with E-state index in [0.29, 0.717) is 26.1 Å². The smallest absolute Gasteiger partial charge is 0.410 e. The lowest BCUT2D eigenvalue weighted by Gasteiger charge is -2.41. The molecule has 0 bridgehead atoms. The molecule has 1 heterocycles. The van der Waals surface area contributed by atoms with E-state index in [4.69, 9.17) is 9.47 Å². The van der Waals surface area contributed by atoms with E-state index in [9.17, 15) is 14.7 Å². The van der Waals surface area contributed by atoms with Crippen LogP contribution in [0.25, 0.3) is 11.1 Å². The van der Waals surface area contributed by atoms with Gasteiger partial charge in [-0.05, 0) is 49.4 Å². The zero-order valence-electron chi connectivity index (χ0n) is 19.5. The molecule has 2 aliphatic rings. The van der Waals surface area contributed by atoms with Gasteiger partial charge in [0.25, 0.3) is 0 Å². The molecule has 0 aromatic heterocycles. The van der Waals surface area contributed by atoms with Crippen LogP contribution < -0.4 is 0 Å². The lowest BCUT2D eigenvalue weighted by molar-refractivity contribution is -0.00623. The maximum absolute atomic E-state index is 12.9. The monoisotopic (exact) mass is 452 g/mol. The normalized spacial score (nSPS) is 18.0. The van der Waals surface area contributed by atoms with Gasteiger partial charge in [0, 0.05) is 32.2 Å². The van der Waals surface area contributed by atoms with Crippen LogP contribution in [0.3, 0.4) is 0 Å². The van der Waals surface area contributed by atoms with E-state index in [1.807, 2.05) is 45.0 Å². The van der Waals surface area contributed by atoms with Crippen molar-refractivity contribution in [2.45, 2.75) is 44.8 Å². The number of aliphatic hydroxyl groups is 1. The summed E-state index contributed by atoms with van der Waals surface area (Å²) >= 11 is 0. The third-order valence-electron chi connectivity index (χ3n) is 6.17. The highest BCUT2D eigenvalue weighted by molar-refractivity contribution is 5.79. The molecule has 7 nitrogen and oxygen atoms in total. The van der Waals surface area contributed by atoms with Crippen LogP contribution in [0.1, 0.15) is 44.2 Å². The van der Waals surface area contributed by atoms with E-state index in [-0.39, 0.29) is 25.2 Å². The topological polar surface area (TPSA) is 79.3 Å². The maximum atomic E-state index is 12.9. The second-order valence-corrected chi connectivity index (χ2v) is 9.59. The Bertz CT molecular complexity index is 970. The van der Waals surface area contributed by atoms with Crippen molar-refractivity contribution in [3.05, 3.63) is 59.7 Å². The van der Waals surface area contributed by atoms with Gasteiger partial charge in [-0.25, -0.2) is 9.59 Å². The fraction of sp³-hybridized carbons (Fsp3) is 0.462. The molecule has 0 saturated carbocycles. The van der Waals surface area contributed by atoms with E-state index < -0.39 is 17.8 Å². The van der Waals surface area contributed by atoms with Gasteiger partial charge in [-0.2, -0.15) is 0 Å². The predicted octanol–water partition coefficient (Wildman–Crippen LogP) is 4.24. The van der Waals surface area contributed by atoms with Gasteiger partial charge in [0.2, 0.25) is 0 Å². The molecule has 1 unspecified atom stereocenters. The molecule has 0 spiro atoms. The molecule has 0 radical (unpaired) electrons. The van der Waals surface area contributed by atoms with E-state index in [1.54, 1.807) is 9.80 Å². The van der Waals surface area contributed by atoms with Crippen LogP contribution in [0.15, 0.2) is 48.5 Å². The highest BCUT2D eigenvalue weighted by Crippen LogP contribution is 2.44. The number of hydrogen-bond donors (Lipinski definition) is 1. The number of piperazine rings is 1.